The Morgan fingerprint density at radius 1 is 1.30 bits per heavy atom. The first kappa shape index (κ1) is 17.3. The molecule has 1 aromatic heterocycles. The largest absolute Gasteiger partial charge is 0.484 e. The Morgan fingerprint density at radius 2 is 2.15 bits per heavy atom. The molecule has 0 saturated heterocycles. The second-order valence-electron chi connectivity index (χ2n) is 6.21. The van der Waals surface area contributed by atoms with Gasteiger partial charge in [0.05, 0.1) is 10.2 Å². The molecule has 0 spiro atoms. The van der Waals surface area contributed by atoms with Crippen LogP contribution in [0, 0.1) is 0 Å². The maximum Gasteiger partial charge on any atom is 0.278 e. The number of amides is 2. The van der Waals surface area contributed by atoms with Crippen LogP contribution >= 0.6 is 11.3 Å². The van der Waals surface area contributed by atoms with E-state index in [9.17, 15) is 9.59 Å². The van der Waals surface area contributed by atoms with Crippen molar-refractivity contribution >= 4 is 39.1 Å². The molecule has 0 bridgehead atoms. The number of aromatic nitrogens is 1. The fourth-order valence-corrected chi connectivity index (χ4v) is 3.91. The molecule has 3 aromatic rings. The lowest BCUT2D eigenvalue weighted by molar-refractivity contribution is -0.123. The molecule has 27 heavy (non-hydrogen) atoms. The molecular formula is C19H18N4O3S. The number of hydrogen-bond donors (Lipinski definition) is 2. The van der Waals surface area contributed by atoms with Gasteiger partial charge in [-0.25, -0.2) is 5.43 Å². The molecular weight excluding hydrogens is 364 g/mol. The number of rotatable bonds is 4. The van der Waals surface area contributed by atoms with Crippen molar-refractivity contribution in [2.24, 2.45) is 12.1 Å². The van der Waals surface area contributed by atoms with Gasteiger partial charge in [0.1, 0.15) is 5.75 Å². The minimum atomic E-state index is -0.335. The summed E-state index contributed by atoms with van der Waals surface area (Å²) in [4.78, 5) is 24.1. The molecule has 0 aliphatic carbocycles. The lowest BCUT2D eigenvalue weighted by Crippen LogP contribution is -2.28. The highest BCUT2D eigenvalue weighted by Gasteiger charge is 2.15. The van der Waals surface area contributed by atoms with Crippen LogP contribution < -0.4 is 20.3 Å². The average Bonchev–Trinajstić information content (AvgIpc) is 3.00. The van der Waals surface area contributed by atoms with Crippen LogP contribution in [0.1, 0.15) is 12.0 Å². The Hall–Kier alpha value is -3.13. The SMILES string of the molecule is Cn1c(=NNC(=O)COc2ccc3c(c2)CCC(=O)N3)sc2ccccc21. The number of nitrogens with one attached hydrogen (secondary N) is 2. The van der Waals surface area contributed by atoms with Gasteiger partial charge in [-0.1, -0.05) is 23.5 Å². The van der Waals surface area contributed by atoms with Gasteiger partial charge < -0.3 is 14.6 Å². The first-order valence-corrected chi connectivity index (χ1v) is 9.34. The van der Waals surface area contributed by atoms with Crippen molar-refractivity contribution in [3.8, 4) is 5.75 Å². The summed E-state index contributed by atoms with van der Waals surface area (Å²) in [6, 6.07) is 13.3. The van der Waals surface area contributed by atoms with Crippen molar-refractivity contribution in [3.63, 3.8) is 0 Å². The van der Waals surface area contributed by atoms with E-state index in [-0.39, 0.29) is 18.4 Å². The lowest BCUT2D eigenvalue weighted by Gasteiger charge is -2.17. The van der Waals surface area contributed by atoms with Gasteiger partial charge in [-0.15, -0.1) is 5.10 Å². The number of nitrogens with zero attached hydrogens (tertiary/aromatic N) is 2. The van der Waals surface area contributed by atoms with Crippen molar-refractivity contribution < 1.29 is 14.3 Å². The summed E-state index contributed by atoms with van der Waals surface area (Å²) >= 11 is 1.50. The smallest absolute Gasteiger partial charge is 0.278 e. The first-order valence-electron chi connectivity index (χ1n) is 8.53. The van der Waals surface area contributed by atoms with Crippen molar-refractivity contribution in [1.29, 1.82) is 0 Å². The monoisotopic (exact) mass is 382 g/mol. The summed E-state index contributed by atoms with van der Waals surface area (Å²) in [5.74, 6) is 0.275. The maximum atomic E-state index is 12.1. The fourth-order valence-electron chi connectivity index (χ4n) is 2.93. The van der Waals surface area contributed by atoms with E-state index < -0.39 is 0 Å². The summed E-state index contributed by atoms with van der Waals surface area (Å²) in [5.41, 5.74) is 5.41. The number of fused-ring (bicyclic) bond motifs is 2. The Morgan fingerprint density at radius 3 is 3.00 bits per heavy atom. The van der Waals surface area contributed by atoms with Gasteiger partial charge in [0, 0.05) is 19.2 Å². The average molecular weight is 382 g/mol. The topological polar surface area (TPSA) is 84.7 Å². The van der Waals surface area contributed by atoms with Gasteiger partial charge in [0.25, 0.3) is 5.91 Å². The highest BCUT2D eigenvalue weighted by atomic mass is 32.1. The van der Waals surface area contributed by atoms with Crippen LogP contribution in [0.4, 0.5) is 5.69 Å². The molecule has 2 aromatic carbocycles. The van der Waals surface area contributed by atoms with Crippen LogP contribution in [0.2, 0.25) is 0 Å². The molecule has 2 amide bonds. The van der Waals surface area contributed by atoms with Crippen LogP contribution in [0.25, 0.3) is 10.2 Å². The Balaban J connectivity index is 1.40. The number of benzene rings is 2. The molecule has 0 atom stereocenters. The lowest BCUT2D eigenvalue weighted by atomic mass is 10.0. The third-order valence-corrected chi connectivity index (χ3v) is 5.45. The summed E-state index contributed by atoms with van der Waals surface area (Å²) in [6.45, 7) is -0.136. The van der Waals surface area contributed by atoms with Gasteiger partial charge in [-0.3, -0.25) is 9.59 Å². The second kappa shape index (κ2) is 7.24. The molecule has 2 heterocycles. The van der Waals surface area contributed by atoms with Crippen LogP contribution in [0.15, 0.2) is 47.6 Å². The van der Waals surface area contributed by atoms with E-state index >= 15 is 0 Å². The van der Waals surface area contributed by atoms with Crippen LogP contribution in [-0.4, -0.2) is 23.0 Å². The summed E-state index contributed by atoms with van der Waals surface area (Å²) in [5, 5.41) is 7.00. The van der Waals surface area contributed by atoms with E-state index in [0.29, 0.717) is 23.4 Å². The fraction of sp³-hybridized carbons (Fsp3) is 0.211. The number of carbonyl (C=O) groups excluding carboxylic acids is 2. The number of aryl methyl sites for hydroxylation is 2. The van der Waals surface area contributed by atoms with E-state index in [4.69, 9.17) is 4.74 Å². The van der Waals surface area contributed by atoms with Gasteiger partial charge in [0.15, 0.2) is 6.61 Å². The molecule has 1 aliphatic heterocycles. The third kappa shape index (κ3) is 3.70. The van der Waals surface area contributed by atoms with Gasteiger partial charge in [-0.05, 0) is 42.3 Å². The van der Waals surface area contributed by atoms with Crippen molar-refractivity contribution in [1.82, 2.24) is 9.99 Å². The van der Waals surface area contributed by atoms with Gasteiger partial charge in [-0.2, -0.15) is 0 Å². The van der Waals surface area contributed by atoms with Crippen molar-refractivity contribution in [2.45, 2.75) is 12.8 Å². The van der Waals surface area contributed by atoms with Crippen LogP contribution in [0.5, 0.6) is 5.75 Å². The summed E-state index contributed by atoms with van der Waals surface area (Å²) in [6.07, 6.45) is 1.13. The van der Waals surface area contributed by atoms with Gasteiger partial charge >= 0.3 is 0 Å². The molecule has 2 N–H and O–H groups in total. The molecule has 0 saturated carbocycles. The molecule has 4 rings (SSSR count). The van der Waals surface area contributed by atoms with Crippen molar-refractivity contribution in [2.75, 3.05) is 11.9 Å². The zero-order valence-corrected chi connectivity index (χ0v) is 15.5. The van der Waals surface area contributed by atoms with E-state index in [1.54, 1.807) is 12.1 Å². The first-order chi connectivity index (χ1) is 13.1. The quantitative estimate of drug-likeness (QED) is 0.678. The third-order valence-electron chi connectivity index (χ3n) is 4.33. The molecule has 1 aliphatic rings. The molecule has 0 radical (unpaired) electrons. The Labute approximate surface area is 159 Å². The van der Waals surface area contributed by atoms with Gasteiger partial charge in [0.2, 0.25) is 10.7 Å². The maximum absolute atomic E-state index is 12.1. The van der Waals surface area contributed by atoms with E-state index in [0.717, 1.165) is 21.5 Å². The van der Waals surface area contributed by atoms with E-state index in [2.05, 4.69) is 15.8 Å². The molecule has 7 nitrogen and oxygen atoms in total. The highest BCUT2D eigenvalue weighted by molar-refractivity contribution is 7.16. The van der Waals surface area contributed by atoms with Crippen LogP contribution in [-0.2, 0) is 23.1 Å². The Kier molecular flexibility index (Phi) is 4.64. The predicted molar refractivity (Wildman–Crippen MR) is 103 cm³/mol. The van der Waals surface area contributed by atoms with Crippen LogP contribution in [0.3, 0.4) is 0 Å². The molecule has 0 fully saturated rings. The number of thiazole rings is 1. The summed E-state index contributed by atoms with van der Waals surface area (Å²) in [7, 11) is 1.91. The highest BCUT2D eigenvalue weighted by Crippen LogP contribution is 2.26. The summed E-state index contributed by atoms with van der Waals surface area (Å²) < 4.78 is 8.58. The number of hydrogen-bond acceptors (Lipinski definition) is 5. The number of ether oxygens (including phenoxy) is 1. The van der Waals surface area contributed by atoms with Crippen molar-refractivity contribution in [3.05, 3.63) is 52.8 Å². The zero-order valence-electron chi connectivity index (χ0n) is 14.7. The molecule has 0 unspecified atom stereocenters. The number of para-hydroxylation sites is 1. The number of carbonyl (C=O) groups is 2. The molecule has 138 valence electrons. The predicted octanol–water partition coefficient (Wildman–Crippen LogP) is 2.14. The standard InChI is InChI=1S/C19H18N4O3S/c1-23-15-4-2-3-5-16(15)27-19(23)22-21-18(25)11-26-13-7-8-14-12(10-13)6-9-17(24)20-14/h2-5,7-8,10H,6,9,11H2,1H3,(H,20,24)(H,21,25). The van der Waals surface area contributed by atoms with E-state index in [1.807, 2.05) is 41.9 Å². The zero-order chi connectivity index (χ0) is 18.8. The molecule has 8 heteroatoms. The Bertz CT molecular complexity index is 1100. The minimum Gasteiger partial charge on any atom is -0.484 e. The minimum absolute atomic E-state index is 0.0200. The normalized spacial score (nSPS) is 14.0. The number of anilines is 1. The second-order valence-corrected chi connectivity index (χ2v) is 7.22. The van der Waals surface area contributed by atoms with E-state index in [1.165, 1.54) is 11.3 Å².